The van der Waals surface area contributed by atoms with Crippen LogP contribution in [0.15, 0.2) is 11.2 Å². The van der Waals surface area contributed by atoms with Crippen molar-refractivity contribution in [3.05, 3.63) is 21.3 Å². The fourth-order valence-corrected chi connectivity index (χ4v) is 1.78. The molecule has 1 rings (SSSR count). The summed E-state index contributed by atoms with van der Waals surface area (Å²) in [5.41, 5.74) is -4.45. The maximum Gasteiger partial charge on any atom is 0.447 e. The summed E-state index contributed by atoms with van der Waals surface area (Å²) in [4.78, 5) is 3.42. The zero-order valence-corrected chi connectivity index (χ0v) is 9.28. The molecule has 0 aliphatic rings. The molecular formula is C6HCl3F3NS. The lowest BCUT2D eigenvalue weighted by molar-refractivity contribution is -0.0329. The molecule has 0 unspecified atom stereocenters. The van der Waals surface area contributed by atoms with Crippen molar-refractivity contribution in [2.45, 2.75) is 10.5 Å². The SMILES string of the molecule is FC(F)(F)Sc1ncc(Cl)c(Cl)c1Cl. The molecule has 14 heavy (non-hydrogen) atoms. The minimum atomic E-state index is -4.45. The van der Waals surface area contributed by atoms with Crippen LogP contribution in [0.25, 0.3) is 0 Å². The standard InChI is InChI=1S/C6HCl3F3NS/c7-2-1-13-5(4(9)3(2)8)14-6(10,11)12/h1H. The van der Waals surface area contributed by atoms with E-state index in [-0.39, 0.29) is 15.1 Å². The van der Waals surface area contributed by atoms with Gasteiger partial charge in [0.1, 0.15) is 5.03 Å². The molecule has 0 bridgehead atoms. The van der Waals surface area contributed by atoms with Gasteiger partial charge in [-0.2, -0.15) is 13.2 Å². The predicted octanol–water partition coefficient (Wildman–Crippen LogP) is 4.65. The Morgan fingerprint density at radius 1 is 1.14 bits per heavy atom. The molecule has 0 saturated carbocycles. The largest absolute Gasteiger partial charge is 0.447 e. The molecular weight excluding hydrogens is 281 g/mol. The van der Waals surface area contributed by atoms with Crippen molar-refractivity contribution in [3.63, 3.8) is 0 Å². The van der Waals surface area contributed by atoms with Crippen LogP contribution in [0.2, 0.25) is 15.1 Å². The van der Waals surface area contributed by atoms with E-state index in [4.69, 9.17) is 34.8 Å². The van der Waals surface area contributed by atoms with E-state index in [0.29, 0.717) is 0 Å². The monoisotopic (exact) mass is 281 g/mol. The van der Waals surface area contributed by atoms with Gasteiger partial charge in [0.25, 0.3) is 0 Å². The zero-order valence-electron chi connectivity index (χ0n) is 6.20. The molecule has 0 atom stereocenters. The summed E-state index contributed by atoms with van der Waals surface area (Å²) in [6, 6.07) is 0. The third-order valence-electron chi connectivity index (χ3n) is 1.10. The van der Waals surface area contributed by atoms with Crippen LogP contribution in [0.5, 0.6) is 0 Å². The van der Waals surface area contributed by atoms with Crippen LogP contribution in [0.3, 0.4) is 0 Å². The van der Waals surface area contributed by atoms with Crippen molar-refractivity contribution < 1.29 is 13.2 Å². The minimum Gasteiger partial charge on any atom is -0.246 e. The van der Waals surface area contributed by atoms with E-state index in [1.165, 1.54) is 0 Å². The molecule has 0 saturated heterocycles. The molecule has 0 N–H and O–H groups in total. The van der Waals surface area contributed by atoms with Crippen LogP contribution >= 0.6 is 46.6 Å². The fourth-order valence-electron chi connectivity index (χ4n) is 0.608. The highest BCUT2D eigenvalue weighted by Crippen LogP contribution is 2.42. The molecule has 0 aliphatic carbocycles. The number of nitrogens with zero attached hydrogens (tertiary/aromatic N) is 1. The Morgan fingerprint density at radius 2 is 1.71 bits per heavy atom. The van der Waals surface area contributed by atoms with Crippen molar-refractivity contribution in [3.8, 4) is 0 Å². The van der Waals surface area contributed by atoms with E-state index in [1.807, 2.05) is 0 Å². The summed E-state index contributed by atoms with van der Waals surface area (Å²) in [7, 11) is 0. The first kappa shape index (κ1) is 12.2. The summed E-state index contributed by atoms with van der Waals surface area (Å²) in [6.07, 6.45) is 1.02. The maximum absolute atomic E-state index is 11.9. The minimum absolute atomic E-state index is 0.0168. The molecule has 0 spiro atoms. The molecule has 0 fully saturated rings. The number of aromatic nitrogens is 1. The lowest BCUT2D eigenvalue weighted by Gasteiger charge is -2.07. The Morgan fingerprint density at radius 3 is 2.21 bits per heavy atom. The molecule has 0 aliphatic heterocycles. The highest BCUT2D eigenvalue weighted by atomic mass is 35.5. The first-order valence-corrected chi connectivity index (χ1v) is 5.01. The van der Waals surface area contributed by atoms with Gasteiger partial charge in [-0.05, 0) is 0 Å². The molecule has 0 aromatic carbocycles. The van der Waals surface area contributed by atoms with E-state index in [1.54, 1.807) is 0 Å². The molecule has 8 heteroatoms. The zero-order chi connectivity index (χ0) is 10.9. The summed E-state index contributed by atoms with van der Waals surface area (Å²) >= 11 is 16.1. The van der Waals surface area contributed by atoms with Crippen molar-refractivity contribution in [2.75, 3.05) is 0 Å². The van der Waals surface area contributed by atoms with Crippen molar-refractivity contribution >= 4 is 46.6 Å². The van der Waals surface area contributed by atoms with Crippen molar-refractivity contribution in [2.24, 2.45) is 0 Å². The van der Waals surface area contributed by atoms with Gasteiger partial charge in [0.15, 0.2) is 0 Å². The molecule has 1 aromatic heterocycles. The molecule has 1 heterocycles. The van der Waals surface area contributed by atoms with Gasteiger partial charge in [-0.25, -0.2) is 4.98 Å². The summed E-state index contributed by atoms with van der Waals surface area (Å²) in [6.45, 7) is 0. The second-order valence-electron chi connectivity index (χ2n) is 2.09. The van der Waals surface area contributed by atoms with E-state index in [0.717, 1.165) is 6.20 Å². The molecule has 0 radical (unpaired) electrons. The quantitative estimate of drug-likeness (QED) is 0.695. The van der Waals surface area contributed by atoms with Crippen LogP contribution in [-0.2, 0) is 0 Å². The van der Waals surface area contributed by atoms with Crippen LogP contribution < -0.4 is 0 Å². The number of hydrogen-bond donors (Lipinski definition) is 0. The molecule has 1 nitrogen and oxygen atoms in total. The van der Waals surface area contributed by atoms with Crippen molar-refractivity contribution in [1.29, 1.82) is 0 Å². The fraction of sp³-hybridized carbons (Fsp3) is 0.167. The Kier molecular flexibility index (Phi) is 3.80. The normalized spacial score (nSPS) is 11.9. The first-order chi connectivity index (χ1) is 6.31. The number of pyridine rings is 1. The topological polar surface area (TPSA) is 12.9 Å². The van der Waals surface area contributed by atoms with E-state index >= 15 is 0 Å². The third kappa shape index (κ3) is 3.08. The second-order valence-corrected chi connectivity index (χ2v) is 4.30. The summed E-state index contributed by atoms with van der Waals surface area (Å²) in [5, 5.41) is -0.812. The average molecular weight is 283 g/mol. The van der Waals surface area contributed by atoms with E-state index in [2.05, 4.69) is 4.98 Å². The van der Waals surface area contributed by atoms with Gasteiger partial charge in [-0.1, -0.05) is 34.8 Å². The van der Waals surface area contributed by atoms with Gasteiger partial charge in [-0.3, -0.25) is 0 Å². The van der Waals surface area contributed by atoms with E-state index < -0.39 is 22.3 Å². The van der Waals surface area contributed by atoms with Crippen LogP contribution in [0.1, 0.15) is 0 Å². The Hall–Kier alpha value is 0.160. The number of hydrogen-bond acceptors (Lipinski definition) is 2. The van der Waals surface area contributed by atoms with Gasteiger partial charge >= 0.3 is 5.51 Å². The molecule has 78 valence electrons. The van der Waals surface area contributed by atoms with Crippen LogP contribution in [-0.4, -0.2) is 10.5 Å². The lowest BCUT2D eigenvalue weighted by Crippen LogP contribution is -2.00. The number of rotatable bonds is 1. The highest BCUT2D eigenvalue weighted by molar-refractivity contribution is 8.00. The number of thioether (sulfide) groups is 1. The average Bonchev–Trinajstić information content (AvgIpc) is 2.04. The Labute approximate surface area is 96.5 Å². The lowest BCUT2D eigenvalue weighted by atomic mass is 10.5. The van der Waals surface area contributed by atoms with Crippen LogP contribution in [0, 0.1) is 0 Å². The third-order valence-corrected chi connectivity index (χ3v) is 3.18. The van der Waals surface area contributed by atoms with Gasteiger partial charge in [-0.15, -0.1) is 0 Å². The maximum atomic E-state index is 11.9. The smallest absolute Gasteiger partial charge is 0.246 e. The predicted molar refractivity (Wildman–Crippen MR) is 51.2 cm³/mol. The van der Waals surface area contributed by atoms with Crippen molar-refractivity contribution in [1.82, 2.24) is 4.98 Å². The van der Waals surface area contributed by atoms with Gasteiger partial charge < -0.3 is 0 Å². The first-order valence-electron chi connectivity index (χ1n) is 3.06. The van der Waals surface area contributed by atoms with E-state index in [9.17, 15) is 13.2 Å². The second kappa shape index (κ2) is 4.35. The summed E-state index contributed by atoms with van der Waals surface area (Å²) < 4.78 is 35.8. The van der Waals surface area contributed by atoms with Gasteiger partial charge in [0, 0.05) is 18.0 Å². The van der Waals surface area contributed by atoms with Gasteiger partial charge in [0.2, 0.25) is 0 Å². The molecule has 0 amide bonds. The number of alkyl halides is 3. The van der Waals surface area contributed by atoms with Gasteiger partial charge in [0.05, 0.1) is 15.1 Å². The number of halogens is 6. The molecule has 1 aromatic rings. The van der Waals surface area contributed by atoms with Crippen LogP contribution in [0.4, 0.5) is 13.2 Å². The highest BCUT2D eigenvalue weighted by Gasteiger charge is 2.31. The summed E-state index contributed by atoms with van der Waals surface area (Å²) in [5.74, 6) is 0. The Balaban J connectivity index is 3.06. The Bertz CT molecular complexity index is 355.